The third-order valence-electron chi connectivity index (χ3n) is 3.34. The molecule has 0 aliphatic rings. The van der Waals surface area contributed by atoms with Crippen molar-refractivity contribution in [2.24, 2.45) is 0 Å². The summed E-state index contributed by atoms with van der Waals surface area (Å²) in [4.78, 5) is 16.3. The molecular weight excluding hydrogens is 319 g/mol. The maximum absolute atomic E-state index is 13.8. The fourth-order valence-corrected chi connectivity index (χ4v) is 2.28. The highest BCUT2D eigenvalue weighted by molar-refractivity contribution is 6.30. The number of aromatic nitrogens is 1. The zero-order valence-corrected chi connectivity index (χ0v) is 12.9. The molecule has 23 heavy (non-hydrogen) atoms. The molecule has 3 rings (SSSR count). The van der Waals surface area contributed by atoms with E-state index in [2.05, 4.69) is 10.3 Å². The lowest BCUT2D eigenvalue weighted by molar-refractivity contribution is 0.102. The van der Waals surface area contributed by atoms with E-state index in [1.807, 2.05) is 19.1 Å². The topological polar surface area (TPSA) is 55.1 Å². The standard InChI is InChI=1S/C17H12ClFN2O2/c1-10-2-3-11(17-20-6-7-23-17)8-15(10)21-16(22)13-5-4-12(18)9-14(13)19/h2-9H,1H3,(H,21,22). The Bertz CT molecular complexity index is 863. The molecule has 6 heteroatoms. The summed E-state index contributed by atoms with van der Waals surface area (Å²) in [5.74, 6) is -0.776. The van der Waals surface area contributed by atoms with Gasteiger partial charge in [0, 0.05) is 16.3 Å². The molecule has 116 valence electrons. The Morgan fingerprint density at radius 1 is 1.26 bits per heavy atom. The molecule has 1 aromatic heterocycles. The highest BCUT2D eigenvalue weighted by atomic mass is 35.5. The van der Waals surface area contributed by atoms with Crippen molar-refractivity contribution in [1.29, 1.82) is 0 Å². The van der Waals surface area contributed by atoms with Gasteiger partial charge in [-0.05, 0) is 42.8 Å². The maximum atomic E-state index is 13.8. The summed E-state index contributed by atoms with van der Waals surface area (Å²) in [7, 11) is 0. The van der Waals surface area contributed by atoms with Crippen molar-refractivity contribution < 1.29 is 13.6 Å². The number of carbonyl (C=O) groups is 1. The minimum atomic E-state index is -0.670. The van der Waals surface area contributed by atoms with Gasteiger partial charge in [0.2, 0.25) is 5.89 Å². The van der Waals surface area contributed by atoms with E-state index >= 15 is 0 Å². The minimum absolute atomic E-state index is 0.0738. The van der Waals surface area contributed by atoms with E-state index in [1.54, 1.807) is 6.07 Å². The molecule has 0 unspecified atom stereocenters. The number of nitrogens with one attached hydrogen (secondary N) is 1. The van der Waals surface area contributed by atoms with Gasteiger partial charge in [-0.2, -0.15) is 0 Å². The average molecular weight is 331 g/mol. The lowest BCUT2D eigenvalue weighted by Gasteiger charge is -2.10. The normalized spacial score (nSPS) is 10.6. The van der Waals surface area contributed by atoms with Gasteiger partial charge in [-0.25, -0.2) is 9.37 Å². The van der Waals surface area contributed by atoms with Gasteiger partial charge in [-0.15, -0.1) is 0 Å². The summed E-state index contributed by atoms with van der Waals surface area (Å²) in [6.07, 6.45) is 3.01. The second-order valence-corrected chi connectivity index (χ2v) is 5.38. The molecule has 1 heterocycles. The van der Waals surface area contributed by atoms with Gasteiger partial charge in [0.1, 0.15) is 12.1 Å². The van der Waals surface area contributed by atoms with Crippen LogP contribution < -0.4 is 5.32 Å². The first kappa shape index (κ1) is 15.2. The first-order valence-electron chi connectivity index (χ1n) is 6.81. The SMILES string of the molecule is Cc1ccc(-c2ncco2)cc1NC(=O)c1ccc(Cl)cc1F. The van der Waals surface area contributed by atoms with Crippen molar-refractivity contribution in [2.45, 2.75) is 6.92 Å². The van der Waals surface area contributed by atoms with Crippen LogP contribution in [0.2, 0.25) is 5.02 Å². The quantitative estimate of drug-likeness (QED) is 0.757. The van der Waals surface area contributed by atoms with E-state index < -0.39 is 11.7 Å². The number of oxazole rings is 1. The van der Waals surface area contributed by atoms with Crippen LogP contribution in [-0.2, 0) is 0 Å². The third-order valence-corrected chi connectivity index (χ3v) is 3.58. The Morgan fingerprint density at radius 2 is 2.09 bits per heavy atom. The van der Waals surface area contributed by atoms with E-state index in [-0.39, 0.29) is 10.6 Å². The number of rotatable bonds is 3. The Labute approximate surface area is 136 Å². The number of anilines is 1. The van der Waals surface area contributed by atoms with Crippen molar-refractivity contribution in [3.63, 3.8) is 0 Å². The van der Waals surface area contributed by atoms with Gasteiger partial charge in [0.05, 0.1) is 11.8 Å². The van der Waals surface area contributed by atoms with Crippen molar-refractivity contribution in [3.05, 3.63) is 70.8 Å². The van der Waals surface area contributed by atoms with E-state index in [0.29, 0.717) is 17.1 Å². The Kier molecular flexibility index (Phi) is 4.12. The molecule has 0 saturated heterocycles. The summed E-state index contributed by atoms with van der Waals surface area (Å²) in [6.45, 7) is 1.84. The Hall–Kier alpha value is -2.66. The Morgan fingerprint density at radius 3 is 2.78 bits per heavy atom. The van der Waals surface area contributed by atoms with Crippen molar-refractivity contribution in [3.8, 4) is 11.5 Å². The van der Waals surface area contributed by atoms with Crippen LogP contribution in [0.1, 0.15) is 15.9 Å². The number of carbonyl (C=O) groups excluding carboxylic acids is 1. The number of amides is 1. The molecule has 4 nitrogen and oxygen atoms in total. The fourth-order valence-electron chi connectivity index (χ4n) is 2.12. The monoisotopic (exact) mass is 330 g/mol. The van der Waals surface area contributed by atoms with Gasteiger partial charge in [-0.1, -0.05) is 17.7 Å². The molecule has 3 aromatic rings. The van der Waals surface area contributed by atoms with Crippen LogP contribution in [-0.4, -0.2) is 10.9 Å². The predicted molar refractivity (Wildman–Crippen MR) is 86.0 cm³/mol. The third kappa shape index (κ3) is 3.24. The highest BCUT2D eigenvalue weighted by Crippen LogP contribution is 2.25. The fraction of sp³-hybridized carbons (Fsp3) is 0.0588. The number of nitrogens with zero attached hydrogens (tertiary/aromatic N) is 1. The minimum Gasteiger partial charge on any atom is -0.445 e. The number of halogens is 2. The van der Waals surface area contributed by atoms with E-state index in [9.17, 15) is 9.18 Å². The van der Waals surface area contributed by atoms with Crippen LogP contribution in [0.15, 0.2) is 53.3 Å². The van der Waals surface area contributed by atoms with Gasteiger partial charge >= 0.3 is 0 Å². The van der Waals surface area contributed by atoms with Crippen molar-refractivity contribution >= 4 is 23.2 Å². The van der Waals surface area contributed by atoms with Crippen LogP contribution in [0, 0.1) is 12.7 Å². The first-order valence-corrected chi connectivity index (χ1v) is 7.19. The molecule has 0 atom stereocenters. The molecular formula is C17H12ClFN2O2. The lowest BCUT2D eigenvalue weighted by atomic mass is 10.1. The average Bonchev–Trinajstić information content (AvgIpc) is 3.03. The summed E-state index contributed by atoms with van der Waals surface area (Å²) in [5.41, 5.74) is 2.03. The van der Waals surface area contributed by atoms with Gasteiger partial charge in [0.25, 0.3) is 5.91 Å². The van der Waals surface area contributed by atoms with Crippen LogP contribution in [0.25, 0.3) is 11.5 Å². The lowest BCUT2D eigenvalue weighted by Crippen LogP contribution is -2.14. The molecule has 1 N–H and O–H groups in total. The largest absolute Gasteiger partial charge is 0.445 e. The van der Waals surface area contributed by atoms with Crippen molar-refractivity contribution in [1.82, 2.24) is 4.98 Å². The summed E-state index contributed by atoms with van der Waals surface area (Å²) in [6, 6.07) is 9.31. The number of aryl methyl sites for hydroxylation is 1. The second-order valence-electron chi connectivity index (χ2n) is 4.95. The van der Waals surface area contributed by atoms with Crippen LogP contribution in [0.5, 0.6) is 0 Å². The molecule has 1 amide bonds. The summed E-state index contributed by atoms with van der Waals surface area (Å²) in [5, 5.41) is 2.93. The second kappa shape index (κ2) is 6.22. The van der Waals surface area contributed by atoms with Crippen LogP contribution in [0.3, 0.4) is 0 Å². The van der Waals surface area contributed by atoms with Crippen LogP contribution >= 0.6 is 11.6 Å². The zero-order chi connectivity index (χ0) is 16.4. The molecule has 0 aliphatic carbocycles. The van der Waals surface area contributed by atoms with Crippen molar-refractivity contribution in [2.75, 3.05) is 5.32 Å². The number of benzene rings is 2. The smallest absolute Gasteiger partial charge is 0.258 e. The molecule has 0 radical (unpaired) electrons. The highest BCUT2D eigenvalue weighted by Gasteiger charge is 2.14. The van der Waals surface area contributed by atoms with E-state index in [1.165, 1.54) is 24.6 Å². The van der Waals surface area contributed by atoms with Gasteiger partial charge < -0.3 is 9.73 Å². The van der Waals surface area contributed by atoms with E-state index in [0.717, 1.165) is 11.6 Å². The molecule has 0 bridgehead atoms. The zero-order valence-electron chi connectivity index (χ0n) is 12.1. The predicted octanol–water partition coefficient (Wildman–Crippen LogP) is 4.69. The molecule has 0 saturated carbocycles. The number of hydrogen-bond donors (Lipinski definition) is 1. The molecule has 0 fully saturated rings. The molecule has 0 aliphatic heterocycles. The summed E-state index contributed by atoms with van der Waals surface area (Å²) >= 11 is 5.70. The molecule has 0 spiro atoms. The van der Waals surface area contributed by atoms with E-state index in [4.69, 9.17) is 16.0 Å². The van der Waals surface area contributed by atoms with Gasteiger partial charge in [-0.3, -0.25) is 4.79 Å². The molecule has 2 aromatic carbocycles. The Balaban J connectivity index is 1.90. The summed E-state index contributed by atoms with van der Waals surface area (Å²) < 4.78 is 19.1. The first-order chi connectivity index (χ1) is 11.0. The van der Waals surface area contributed by atoms with Gasteiger partial charge in [0.15, 0.2) is 0 Å². The maximum Gasteiger partial charge on any atom is 0.258 e. The van der Waals surface area contributed by atoms with Crippen LogP contribution in [0.4, 0.5) is 10.1 Å². The number of hydrogen-bond acceptors (Lipinski definition) is 3.